The molecule has 2 heterocycles. The van der Waals surface area contributed by atoms with Gasteiger partial charge in [-0.1, -0.05) is 29.3 Å². The largest absolute Gasteiger partial charge is 0.416 e. The number of rotatable bonds is 3. The van der Waals surface area contributed by atoms with Crippen LogP contribution in [0.25, 0.3) is 66.1 Å². The Morgan fingerprint density at radius 2 is 0.821 bits per heavy atom. The first-order chi connectivity index (χ1) is 26.4. The third-order valence-corrected chi connectivity index (χ3v) is 9.96. The van der Waals surface area contributed by atoms with E-state index in [4.69, 9.17) is 0 Å². The number of fused-ring (bicyclic) bond motifs is 6. The molecule has 0 unspecified atom stereocenters. The van der Waals surface area contributed by atoms with E-state index in [2.05, 4.69) is 6.07 Å². The summed E-state index contributed by atoms with van der Waals surface area (Å²) in [6, 6.07) is 26.1. The minimum absolute atomic E-state index is 0.00229. The Kier molecular flexibility index (Phi) is 8.03. The lowest BCUT2D eigenvalue weighted by atomic mass is 9.95. The van der Waals surface area contributed by atoms with Gasteiger partial charge in [-0.15, -0.1) is 0 Å². The van der Waals surface area contributed by atoms with Gasteiger partial charge in [0.2, 0.25) is 0 Å². The van der Waals surface area contributed by atoms with Crippen molar-refractivity contribution in [3.8, 4) is 34.6 Å². The van der Waals surface area contributed by atoms with Crippen LogP contribution in [0, 0.1) is 36.5 Å². The Labute approximate surface area is 311 Å². The molecule has 0 bridgehead atoms. The summed E-state index contributed by atoms with van der Waals surface area (Å²) in [5, 5.41) is 22.4. The highest BCUT2D eigenvalue weighted by Gasteiger charge is 2.35. The van der Waals surface area contributed by atoms with Gasteiger partial charge in [0.1, 0.15) is 11.6 Å². The molecule has 13 heteroatoms. The number of hydrogen-bond donors (Lipinski definition) is 0. The minimum atomic E-state index is -4.85. The van der Waals surface area contributed by atoms with Crippen LogP contribution in [-0.4, -0.2) is 9.13 Å². The number of nitrogens with zero attached hydrogens (tertiary/aromatic N) is 4. The summed E-state index contributed by atoms with van der Waals surface area (Å²) in [6.07, 6.45) is -14.5. The Morgan fingerprint density at radius 3 is 1.21 bits per heavy atom. The number of alkyl halides is 9. The van der Waals surface area contributed by atoms with Gasteiger partial charge in [-0.05, 0) is 110 Å². The van der Waals surface area contributed by atoms with Crippen molar-refractivity contribution >= 4 is 43.6 Å². The molecule has 6 aromatic carbocycles. The summed E-state index contributed by atoms with van der Waals surface area (Å²) in [5.41, 5.74) is -0.164. The number of aryl methyl sites for hydroxylation is 2. The van der Waals surface area contributed by atoms with Crippen molar-refractivity contribution in [3.63, 3.8) is 0 Å². The van der Waals surface area contributed by atoms with E-state index >= 15 is 0 Å². The fraction of sp³-hybridized carbons (Fsp3) is 0.116. The second-order valence-electron chi connectivity index (χ2n) is 13.5. The van der Waals surface area contributed by atoms with Crippen LogP contribution < -0.4 is 0 Å². The van der Waals surface area contributed by atoms with Crippen LogP contribution in [0.1, 0.15) is 38.9 Å². The predicted octanol–water partition coefficient (Wildman–Crippen LogP) is 13.0. The van der Waals surface area contributed by atoms with Crippen LogP contribution in [0.15, 0.2) is 103 Å². The molecule has 0 atom stereocenters. The van der Waals surface area contributed by atoms with Crippen molar-refractivity contribution in [3.05, 3.63) is 142 Å². The number of aromatic nitrogens is 2. The highest BCUT2D eigenvalue weighted by Crippen LogP contribution is 2.44. The number of benzene rings is 6. The Balaban J connectivity index is 1.56. The molecule has 0 aliphatic heterocycles. The summed E-state index contributed by atoms with van der Waals surface area (Å²) >= 11 is 0. The molecule has 0 N–H and O–H groups in total. The van der Waals surface area contributed by atoms with Crippen LogP contribution in [0.3, 0.4) is 0 Å². The van der Waals surface area contributed by atoms with Crippen LogP contribution in [0.4, 0.5) is 39.5 Å². The molecule has 56 heavy (non-hydrogen) atoms. The van der Waals surface area contributed by atoms with Crippen LogP contribution in [0.5, 0.6) is 0 Å². The number of nitriles is 2. The lowest BCUT2D eigenvalue weighted by Gasteiger charge is -2.19. The topological polar surface area (TPSA) is 57.4 Å². The first kappa shape index (κ1) is 36.3. The second-order valence-corrected chi connectivity index (χ2v) is 13.5. The molecule has 8 aromatic rings. The van der Waals surface area contributed by atoms with Gasteiger partial charge in [0, 0.05) is 21.5 Å². The van der Waals surface area contributed by atoms with E-state index in [1.54, 1.807) is 10.6 Å². The molecule has 4 nitrogen and oxygen atoms in total. The Hall–Kier alpha value is -6.73. The fourth-order valence-corrected chi connectivity index (χ4v) is 7.45. The van der Waals surface area contributed by atoms with E-state index in [1.807, 2.05) is 56.3 Å². The molecule has 0 saturated heterocycles. The van der Waals surface area contributed by atoms with Crippen molar-refractivity contribution in [2.75, 3.05) is 0 Å². The molecule has 278 valence electrons. The van der Waals surface area contributed by atoms with Crippen molar-refractivity contribution in [2.24, 2.45) is 0 Å². The molecule has 0 amide bonds. The van der Waals surface area contributed by atoms with Gasteiger partial charge < -0.3 is 9.13 Å². The second kappa shape index (κ2) is 12.4. The quantitative estimate of drug-likeness (QED) is 0.168. The average Bonchev–Trinajstić information content (AvgIpc) is 3.64. The maximum absolute atomic E-state index is 14.0. The van der Waals surface area contributed by atoms with Gasteiger partial charge in [0.15, 0.2) is 0 Å². The minimum Gasteiger partial charge on any atom is -0.308 e. The molecule has 0 aliphatic carbocycles. The van der Waals surface area contributed by atoms with Crippen molar-refractivity contribution in [1.29, 1.82) is 10.5 Å². The van der Waals surface area contributed by atoms with Gasteiger partial charge in [0.25, 0.3) is 0 Å². The van der Waals surface area contributed by atoms with Crippen LogP contribution >= 0.6 is 0 Å². The van der Waals surface area contributed by atoms with Crippen molar-refractivity contribution in [1.82, 2.24) is 9.13 Å². The smallest absolute Gasteiger partial charge is 0.308 e. The summed E-state index contributed by atoms with van der Waals surface area (Å²) in [6.45, 7) is 3.81. The summed E-state index contributed by atoms with van der Waals surface area (Å²) in [4.78, 5) is 0. The third kappa shape index (κ3) is 5.78. The zero-order valence-corrected chi connectivity index (χ0v) is 29.0. The van der Waals surface area contributed by atoms with E-state index in [9.17, 15) is 50.0 Å². The van der Waals surface area contributed by atoms with E-state index in [0.29, 0.717) is 17.1 Å². The Morgan fingerprint density at radius 1 is 0.446 bits per heavy atom. The molecule has 0 aliphatic rings. The summed E-state index contributed by atoms with van der Waals surface area (Å²) in [5.74, 6) is 0. The summed E-state index contributed by atoms with van der Waals surface area (Å²) < 4.78 is 129. The number of halogens is 9. The molecule has 0 radical (unpaired) electrons. The lowest BCUT2D eigenvalue weighted by Crippen LogP contribution is -2.07. The standard InChI is InChI=1S/C43H23F9N4/c1-22-3-9-35-30(13-22)31-14-23(2)4-10-36(31)55(35)39-16-24(29-8-5-26(41(44,45)46)15-25(29)20-53)17-40(34(39)21-54)56-37-11-6-27(42(47,48)49)18-32(37)33-19-28(43(50,51)52)7-12-38(33)56/h3-19H,1-2H3. The molecular formula is C43H23F9N4. The molecular weight excluding hydrogens is 743 g/mol. The van der Waals surface area contributed by atoms with Gasteiger partial charge in [-0.2, -0.15) is 50.0 Å². The Bertz CT molecular complexity index is 2910. The first-order valence-corrected chi connectivity index (χ1v) is 16.8. The predicted molar refractivity (Wildman–Crippen MR) is 194 cm³/mol. The molecule has 2 aromatic heterocycles. The van der Waals surface area contributed by atoms with E-state index in [-0.39, 0.29) is 55.4 Å². The first-order valence-electron chi connectivity index (χ1n) is 16.8. The van der Waals surface area contributed by atoms with Gasteiger partial charge >= 0.3 is 18.5 Å². The third-order valence-electron chi connectivity index (χ3n) is 9.96. The van der Waals surface area contributed by atoms with Gasteiger partial charge in [0.05, 0.1) is 61.8 Å². The maximum Gasteiger partial charge on any atom is 0.416 e. The van der Waals surface area contributed by atoms with E-state index < -0.39 is 35.2 Å². The van der Waals surface area contributed by atoms with Crippen molar-refractivity contribution in [2.45, 2.75) is 32.4 Å². The average molecular weight is 767 g/mol. The van der Waals surface area contributed by atoms with Gasteiger partial charge in [-0.25, -0.2) is 0 Å². The lowest BCUT2D eigenvalue weighted by molar-refractivity contribution is -0.138. The monoisotopic (exact) mass is 766 g/mol. The zero-order valence-electron chi connectivity index (χ0n) is 29.0. The van der Waals surface area contributed by atoms with Gasteiger partial charge in [-0.3, -0.25) is 0 Å². The fourth-order valence-electron chi connectivity index (χ4n) is 7.45. The van der Waals surface area contributed by atoms with Crippen LogP contribution in [-0.2, 0) is 18.5 Å². The normalized spacial score (nSPS) is 12.5. The van der Waals surface area contributed by atoms with E-state index in [0.717, 1.165) is 70.4 Å². The SMILES string of the molecule is Cc1ccc2c(c1)c1cc(C)ccc1n2-c1cc(-c2ccc(C(F)(F)F)cc2C#N)cc(-n2c3ccc(C(F)(F)F)cc3c3cc(C(F)(F)F)ccc32)c1C#N. The number of hydrogen-bond acceptors (Lipinski definition) is 2. The highest BCUT2D eigenvalue weighted by atomic mass is 19.4. The van der Waals surface area contributed by atoms with E-state index in [1.165, 1.54) is 10.6 Å². The maximum atomic E-state index is 14.0. The zero-order chi connectivity index (χ0) is 40.1. The molecule has 0 fully saturated rings. The molecule has 0 saturated carbocycles. The molecule has 0 spiro atoms. The van der Waals surface area contributed by atoms with Crippen molar-refractivity contribution < 1.29 is 39.5 Å². The highest BCUT2D eigenvalue weighted by molar-refractivity contribution is 6.12. The molecule has 8 rings (SSSR count). The van der Waals surface area contributed by atoms with Crippen LogP contribution in [0.2, 0.25) is 0 Å². The summed E-state index contributed by atoms with van der Waals surface area (Å²) in [7, 11) is 0.